The van der Waals surface area contributed by atoms with Gasteiger partial charge in [0, 0.05) is 11.3 Å². The molecule has 0 aliphatic carbocycles. The normalized spacial score (nSPS) is 8.69. The molecule has 0 bridgehead atoms. The predicted octanol–water partition coefficient (Wildman–Crippen LogP) is 1.52. The average molecular weight is 173 g/mol. The fraction of sp³-hybridized carbons (Fsp3) is 0.182. The summed E-state index contributed by atoms with van der Waals surface area (Å²) >= 11 is 0. The van der Waals surface area contributed by atoms with Gasteiger partial charge in [-0.1, -0.05) is 17.9 Å². The fourth-order valence-electron chi connectivity index (χ4n) is 0.913. The first-order chi connectivity index (χ1) is 6.24. The largest absolute Gasteiger partial charge is 0.398 e. The van der Waals surface area contributed by atoms with Crippen LogP contribution in [-0.2, 0) is 4.79 Å². The van der Waals surface area contributed by atoms with Gasteiger partial charge in [0.05, 0.1) is 6.42 Å². The van der Waals surface area contributed by atoms with Gasteiger partial charge in [-0.3, -0.25) is 0 Å². The van der Waals surface area contributed by atoms with Gasteiger partial charge in [-0.25, -0.2) is 0 Å². The van der Waals surface area contributed by atoms with Crippen LogP contribution < -0.4 is 5.73 Å². The van der Waals surface area contributed by atoms with E-state index in [0.717, 1.165) is 23.1 Å². The number of anilines is 1. The number of carbonyl (C=O) groups is 1. The number of nitrogen functional groups attached to an aromatic ring is 1. The molecule has 0 aliphatic heterocycles. The Bertz CT molecular complexity index is 371. The van der Waals surface area contributed by atoms with Crippen LogP contribution >= 0.6 is 0 Å². The SMILES string of the molecule is Cc1ccc(C#CCC=O)cc1N. The first-order valence-corrected chi connectivity index (χ1v) is 4.02. The Hall–Kier alpha value is -1.75. The Morgan fingerprint density at radius 3 is 2.92 bits per heavy atom. The summed E-state index contributed by atoms with van der Waals surface area (Å²) in [5.41, 5.74) is 8.32. The van der Waals surface area contributed by atoms with Crippen molar-refractivity contribution < 1.29 is 4.79 Å². The number of aldehydes is 1. The van der Waals surface area contributed by atoms with Crippen molar-refractivity contribution in [2.45, 2.75) is 13.3 Å². The second-order valence-corrected chi connectivity index (χ2v) is 2.74. The summed E-state index contributed by atoms with van der Waals surface area (Å²) in [5, 5.41) is 0. The number of benzene rings is 1. The van der Waals surface area contributed by atoms with Crippen molar-refractivity contribution in [3.8, 4) is 11.8 Å². The molecular weight excluding hydrogens is 162 g/mol. The summed E-state index contributed by atoms with van der Waals surface area (Å²) < 4.78 is 0. The van der Waals surface area contributed by atoms with Gasteiger partial charge >= 0.3 is 0 Å². The first-order valence-electron chi connectivity index (χ1n) is 4.02. The molecule has 1 aromatic carbocycles. The van der Waals surface area contributed by atoms with Crippen molar-refractivity contribution in [2.75, 3.05) is 5.73 Å². The Morgan fingerprint density at radius 1 is 1.54 bits per heavy atom. The molecule has 2 nitrogen and oxygen atoms in total. The Labute approximate surface area is 77.8 Å². The van der Waals surface area contributed by atoms with E-state index in [1.54, 1.807) is 0 Å². The van der Waals surface area contributed by atoms with E-state index < -0.39 is 0 Å². The van der Waals surface area contributed by atoms with Gasteiger partial charge in [-0.2, -0.15) is 0 Å². The van der Waals surface area contributed by atoms with Gasteiger partial charge in [-0.15, -0.1) is 0 Å². The van der Waals surface area contributed by atoms with E-state index in [2.05, 4.69) is 11.8 Å². The van der Waals surface area contributed by atoms with E-state index in [1.807, 2.05) is 25.1 Å². The summed E-state index contributed by atoms with van der Waals surface area (Å²) in [6, 6.07) is 5.62. The van der Waals surface area contributed by atoms with Crippen molar-refractivity contribution in [3.05, 3.63) is 29.3 Å². The van der Waals surface area contributed by atoms with Crippen LogP contribution in [0, 0.1) is 18.8 Å². The summed E-state index contributed by atoms with van der Waals surface area (Å²) in [7, 11) is 0. The molecular formula is C11H11NO. The van der Waals surface area contributed by atoms with Gasteiger partial charge < -0.3 is 10.5 Å². The lowest BCUT2D eigenvalue weighted by Crippen LogP contribution is -1.89. The molecule has 2 N–H and O–H groups in total. The maximum absolute atomic E-state index is 9.99. The molecule has 13 heavy (non-hydrogen) atoms. The molecule has 0 amide bonds. The van der Waals surface area contributed by atoms with Crippen molar-refractivity contribution in [1.82, 2.24) is 0 Å². The van der Waals surface area contributed by atoms with Gasteiger partial charge in [0.15, 0.2) is 0 Å². The van der Waals surface area contributed by atoms with E-state index in [1.165, 1.54) is 0 Å². The summed E-state index contributed by atoms with van der Waals surface area (Å²) in [6.45, 7) is 1.94. The zero-order valence-corrected chi connectivity index (χ0v) is 7.50. The van der Waals surface area contributed by atoms with E-state index in [0.29, 0.717) is 0 Å². The molecule has 0 unspecified atom stereocenters. The highest BCUT2D eigenvalue weighted by Crippen LogP contribution is 2.11. The van der Waals surface area contributed by atoms with Crippen molar-refractivity contribution in [1.29, 1.82) is 0 Å². The Balaban J connectivity index is 2.87. The third kappa shape index (κ3) is 2.64. The van der Waals surface area contributed by atoms with Crippen LogP contribution in [0.25, 0.3) is 0 Å². The predicted molar refractivity (Wildman–Crippen MR) is 53.2 cm³/mol. The minimum absolute atomic E-state index is 0.272. The lowest BCUT2D eigenvalue weighted by molar-refractivity contribution is -0.107. The smallest absolute Gasteiger partial charge is 0.131 e. The zero-order chi connectivity index (χ0) is 9.68. The number of hydrogen-bond acceptors (Lipinski definition) is 2. The molecule has 0 radical (unpaired) electrons. The van der Waals surface area contributed by atoms with Gasteiger partial charge in [-0.05, 0) is 24.6 Å². The molecule has 1 aromatic rings. The van der Waals surface area contributed by atoms with Crippen LogP contribution in [0.2, 0.25) is 0 Å². The summed E-state index contributed by atoms with van der Waals surface area (Å²) in [6.07, 6.45) is 1.05. The monoisotopic (exact) mass is 173 g/mol. The lowest BCUT2D eigenvalue weighted by atomic mass is 10.1. The van der Waals surface area contributed by atoms with Crippen molar-refractivity contribution >= 4 is 12.0 Å². The highest BCUT2D eigenvalue weighted by Gasteiger charge is 1.92. The van der Waals surface area contributed by atoms with Crippen molar-refractivity contribution in [2.24, 2.45) is 0 Å². The summed E-state index contributed by atoms with van der Waals surface area (Å²) in [5.74, 6) is 5.58. The van der Waals surface area contributed by atoms with E-state index in [-0.39, 0.29) is 6.42 Å². The number of carbonyl (C=O) groups excluding carboxylic acids is 1. The van der Waals surface area contributed by atoms with Crippen LogP contribution in [0.1, 0.15) is 17.5 Å². The quantitative estimate of drug-likeness (QED) is 0.397. The molecule has 2 heteroatoms. The molecule has 0 spiro atoms. The third-order valence-corrected chi connectivity index (χ3v) is 1.70. The van der Waals surface area contributed by atoms with Crippen LogP contribution in [0.4, 0.5) is 5.69 Å². The molecule has 0 aromatic heterocycles. The number of rotatable bonds is 1. The third-order valence-electron chi connectivity index (χ3n) is 1.70. The van der Waals surface area contributed by atoms with E-state index in [9.17, 15) is 4.79 Å². The van der Waals surface area contributed by atoms with Crippen LogP contribution in [0.5, 0.6) is 0 Å². The molecule has 66 valence electrons. The first kappa shape index (κ1) is 9.34. The van der Waals surface area contributed by atoms with Gasteiger partial charge in [0.25, 0.3) is 0 Å². The molecule has 0 saturated carbocycles. The minimum Gasteiger partial charge on any atom is -0.398 e. The Morgan fingerprint density at radius 2 is 2.31 bits per heavy atom. The molecule has 0 fully saturated rings. The molecule has 0 saturated heterocycles. The fourth-order valence-corrected chi connectivity index (χ4v) is 0.913. The standard InChI is InChI=1S/C11H11NO/c1-9-5-6-10(8-11(9)12)4-2-3-7-13/h5-8H,3,12H2,1H3. The zero-order valence-electron chi connectivity index (χ0n) is 7.50. The average Bonchev–Trinajstić information content (AvgIpc) is 2.12. The second kappa shape index (κ2) is 4.32. The van der Waals surface area contributed by atoms with Crippen LogP contribution in [0.15, 0.2) is 18.2 Å². The number of nitrogens with two attached hydrogens (primary N) is 1. The molecule has 0 atom stereocenters. The van der Waals surface area contributed by atoms with E-state index in [4.69, 9.17) is 5.73 Å². The topological polar surface area (TPSA) is 43.1 Å². The maximum atomic E-state index is 9.99. The lowest BCUT2D eigenvalue weighted by Gasteiger charge is -1.98. The van der Waals surface area contributed by atoms with Gasteiger partial charge in [0.2, 0.25) is 0 Å². The molecule has 0 aliphatic rings. The van der Waals surface area contributed by atoms with Gasteiger partial charge in [0.1, 0.15) is 6.29 Å². The maximum Gasteiger partial charge on any atom is 0.131 e. The van der Waals surface area contributed by atoms with Crippen LogP contribution in [0.3, 0.4) is 0 Å². The van der Waals surface area contributed by atoms with E-state index >= 15 is 0 Å². The minimum atomic E-state index is 0.272. The summed E-state index contributed by atoms with van der Waals surface area (Å²) in [4.78, 5) is 9.99. The number of hydrogen-bond donors (Lipinski definition) is 1. The number of aryl methyl sites for hydroxylation is 1. The highest BCUT2D eigenvalue weighted by molar-refractivity contribution is 5.56. The highest BCUT2D eigenvalue weighted by atomic mass is 16.1. The molecule has 1 rings (SSSR count). The van der Waals surface area contributed by atoms with Crippen LogP contribution in [-0.4, -0.2) is 6.29 Å². The Kier molecular flexibility index (Phi) is 3.10. The molecule has 0 heterocycles. The second-order valence-electron chi connectivity index (χ2n) is 2.74. The van der Waals surface area contributed by atoms with Crippen molar-refractivity contribution in [3.63, 3.8) is 0 Å².